The van der Waals surface area contributed by atoms with Crippen molar-refractivity contribution in [2.75, 3.05) is 31.1 Å². The summed E-state index contributed by atoms with van der Waals surface area (Å²) >= 11 is 12.1. The Hall–Kier alpha value is -1.71. The predicted octanol–water partition coefficient (Wildman–Crippen LogP) is 3.88. The molecule has 1 amide bonds. The first-order valence-corrected chi connectivity index (χ1v) is 8.40. The van der Waals surface area contributed by atoms with Crippen LogP contribution in [0, 0.1) is 0 Å². The average molecular weight is 349 g/mol. The van der Waals surface area contributed by atoms with Crippen LogP contribution in [0.25, 0.3) is 0 Å². The highest BCUT2D eigenvalue weighted by molar-refractivity contribution is 6.35. The lowest BCUT2D eigenvalue weighted by molar-refractivity contribution is -0.130. The number of halogens is 2. The Balaban J connectivity index is 1.58. The summed E-state index contributed by atoms with van der Waals surface area (Å²) in [6.45, 7) is 3.01. The fourth-order valence-corrected chi connectivity index (χ4v) is 3.33. The smallest absolute Gasteiger partial charge is 0.227 e. The molecular weight excluding hydrogens is 331 g/mol. The third-order valence-corrected chi connectivity index (χ3v) is 4.48. The van der Waals surface area contributed by atoms with Gasteiger partial charge >= 0.3 is 0 Å². The maximum Gasteiger partial charge on any atom is 0.227 e. The lowest BCUT2D eigenvalue weighted by Gasteiger charge is -2.36. The summed E-state index contributed by atoms with van der Waals surface area (Å²) in [4.78, 5) is 16.5. The quantitative estimate of drug-likeness (QED) is 0.840. The van der Waals surface area contributed by atoms with Crippen LogP contribution in [0.4, 0.5) is 5.69 Å². The zero-order chi connectivity index (χ0) is 16.2. The number of hydrogen-bond acceptors (Lipinski definition) is 2. The summed E-state index contributed by atoms with van der Waals surface area (Å²) in [5, 5.41) is 1.27. The fraction of sp³-hybridized carbons (Fsp3) is 0.278. The van der Waals surface area contributed by atoms with Crippen LogP contribution in [0.15, 0.2) is 48.5 Å². The van der Waals surface area contributed by atoms with Gasteiger partial charge in [0, 0.05) is 41.9 Å². The van der Waals surface area contributed by atoms with E-state index in [-0.39, 0.29) is 5.91 Å². The number of rotatable bonds is 3. The standard InChI is InChI=1S/C18H18Cl2N2O/c19-15-11-16(20)13-17(12-15)21-6-8-22(9-7-21)18(23)10-14-4-2-1-3-5-14/h1-5,11-13H,6-10H2. The van der Waals surface area contributed by atoms with Gasteiger partial charge in [0.1, 0.15) is 0 Å². The van der Waals surface area contributed by atoms with Gasteiger partial charge in [-0.15, -0.1) is 0 Å². The average Bonchev–Trinajstić information content (AvgIpc) is 2.55. The molecule has 1 aliphatic heterocycles. The maximum absolute atomic E-state index is 12.4. The molecule has 0 aliphatic carbocycles. The van der Waals surface area contributed by atoms with Crippen LogP contribution in [0.2, 0.25) is 10.0 Å². The molecule has 2 aromatic rings. The third-order valence-electron chi connectivity index (χ3n) is 4.04. The van der Waals surface area contributed by atoms with Gasteiger partial charge in [0.05, 0.1) is 6.42 Å². The van der Waals surface area contributed by atoms with E-state index in [4.69, 9.17) is 23.2 Å². The molecule has 0 atom stereocenters. The molecule has 120 valence electrons. The Morgan fingerprint density at radius 2 is 1.52 bits per heavy atom. The lowest BCUT2D eigenvalue weighted by Crippen LogP contribution is -2.49. The Kier molecular flexibility index (Phi) is 5.09. The second-order valence-corrected chi connectivity index (χ2v) is 6.53. The minimum Gasteiger partial charge on any atom is -0.368 e. The molecule has 23 heavy (non-hydrogen) atoms. The van der Waals surface area contributed by atoms with E-state index in [1.54, 1.807) is 6.07 Å². The molecule has 1 heterocycles. The number of carbonyl (C=O) groups excluding carboxylic acids is 1. The van der Waals surface area contributed by atoms with Gasteiger partial charge in [0.25, 0.3) is 0 Å². The van der Waals surface area contributed by atoms with Crippen molar-refractivity contribution < 1.29 is 4.79 Å². The van der Waals surface area contributed by atoms with Crippen LogP contribution in [0.5, 0.6) is 0 Å². The van der Waals surface area contributed by atoms with Gasteiger partial charge in [0.2, 0.25) is 5.91 Å². The van der Waals surface area contributed by atoms with Crippen LogP contribution in [-0.2, 0) is 11.2 Å². The molecule has 5 heteroatoms. The van der Waals surface area contributed by atoms with Gasteiger partial charge < -0.3 is 9.80 Å². The molecule has 0 unspecified atom stereocenters. The second kappa shape index (κ2) is 7.24. The van der Waals surface area contributed by atoms with E-state index in [0.29, 0.717) is 16.5 Å². The van der Waals surface area contributed by atoms with E-state index in [2.05, 4.69) is 4.90 Å². The van der Waals surface area contributed by atoms with Crippen LogP contribution in [-0.4, -0.2) is 37.0 Å². The molecule has 0 aromatic heterocycles. The van der Waals surface area contributed by atoms with Crippen molar-refractivity contribution in [3.8, 4) is 0 Å². The van der Waals surface area contributed by atoms with E-state index < -0.39 is 0 Å². The molecule has 1 fully saturated rings. The molecule has 0 N–H and O–H groups in total. The molecule has 1 aliphatic rings. The molecule has 0 saturated carbocycles. The number of amides is 1. The van der Waals surface area contributed by atoms with Gasteiger partial charge in [-0.2, -0.15) is 0 Å². The third kappa shape index (κ3) is 4.18. The lowest BCUT2D eigenvalue weighted by atomic mass is 10.1. The zero-order valence-corrected chi connectivity index (χ0v) is 14.2. The van der Waals surface area contributed by atoms with Crippen molar-refractivity contribution in [2.24, 2.45) is 0 Å². The summed E-state index contributed by atoms with van der Waals surface area (Å²) in [6.07, 6.45) is 0.462. The molecule has 0 radical (unpaired) electrons. The van der Waals surface area contributed by atoms with Crippen molar-refractivity contribution >= 4 is 34.8 Å². The van der Waals surface area contributed by atoms with Crippen molar-refractivity contribution in [2.45, 2.75) is 6.42 Å². The highest BCUT2D eigenvalue weighted by Gasteiger charge is 2.21. The Morgan fingerprint density at radius 3 is 2.13 bits per heavy atom. The van der Waals surface area contributed by atoms with Crippen molar-refractivity contribution in [3.05, 3.63) is 64.1 Å². The summed E-state index contributed by atoms with van der Waals surface area (Å²) in [7, 11) is 0. The summed E-state index contributed by atoms with van der Waals surface area (Å²) in [6, 6.07) is 15.4. The van der Waals surface area contributed by atoms with Gasteiger partial charge in [-0.3, -0.25) is 4.79 Å². The number of benzene rings is 2. The number of nitrogens with zero attached hydrogens (tertiary/aromatic N) is 2. The number of hydrogen-bond donors (Lipinski definition) is 0. The first-order valence-electron chi connectivity index (χ1n) is 7.64. The zero-order valence-electron chi connectivity index (χ0n) is 12.7. The van der Waals surface area contributed by atoms with Gasteiger partial charge in [-0.25, -0.2) is 0 Å². The minimum absolute atomic E-state index is 0.181. The van der Waals surface area contributed by atoms with Crippen molar-refractivity contribution in [1.29, 1.82) is 0 Å². The number of anilines is 1. The van der Waals surface area contributed by atoms with E-state index in [0.717, 1.165) is 37.4 Å². The molecule has 2 aromatic carbocycles. The predicted molar refractivity (Wildman–Crippen MR) is 95.4 cm³/mol. The SMILES string of the molecule is O=C(Cc1ccccc1)N1CCN(c2cc(Cl)cc(Cl)c2)CC1. The molecule has 3 rings (SSSR count). The highest BCUT2D eigenvalue weighted by atomic mass is 35.5. The van der Waals surface area contributed by atoms with Crippen LogP contribution in [0.1, 0.15) is 5.56 Å². The number of carbonyl (C=O) groups is 1. The monoisotopic (exact) mass is 348 g/mol. The summed E-state index contributed by atoms with van der Waals surface area (Å²) in [5.74, 6) is 0.181. The molecule has 3 nitrogen and oxygen atoms in total. The van der Waals surface area contributed by atoms with E-state index in [1.165, 1.54) is 0 Å². The van der Waals surface area contributed by atoms with Crippen molar-refractivity contribution in [3.63, 3.8) is 0 Å². The van der Waals surface area contributed by atoms with E-state index >= 15 is 0 Å². The van der Waals surface area contributed by atoms with Gasteiger partial charge in [-0.05, 0) is 23.8 Å². The van der Waals surface area contributed by atoms with Gasteiger partial charge in [-0.1, -0.05) is 53.5 Å². The topological polar surface area (TPSA) is 23.6 Å². The van der Waals surface area contributed by atoms with Crippen LogP contribution >= 0.6 is 23.2 Å². The Bertz CT molecular complexity index is 662. The molecule has 1 saturated heterocycles. The summed E-state index contributed by atoms with van der Waals surface area (Å²) < 4.78 is 0. The first kappa shape index (κ1) is 16.2. The highest BCUT2D eigenvalue weighted by Crippen LogP contribution is 2.26. The molecule has 0 spiro atoms. The molecular formula is C18H18Cl2N2O. The normalized spacial score (nSPS) is 14.9. The second-order valence-electron chi connectivity index (χ2n) is 5.66. The largest absolute Gasteiger partial charge is 0.368 e. The minimum atomic E-state index is 0.181. The Labute approximate surface area is 146 Å². The fourth-order valence-electron chi connectivity index (χ4n) is 2.82. The van der Waals surface area contributed by atoms with Crippen molar-refractivity contribution in [1.82, 2.24) is 4.90 Å². The van der Waals surface area contributed by atoms with Crippen LogP contribution < -0.4 is 4.90 Å². The first-order chi connectivity index (χ1) is 11.1. The van der Waals surface area contributed by atoms with E-state index in [1.807, 2.05) is 47.4 Å². The van der Waals surface area contributed by atoms with Crippen LogP contribution in [0.3, 0.4) is 0 Å². The molecule has 0 bridgehead atoms. The van der Waals surface area contributed by atoms with Gasteiger partial charge in [0.15, 0.2) is 0 Å². The van der Waals surface area contributed by atoms with E-state index in [9.17, 15) is 4.79 Å². The maximum atomic E-state index is 12.4. The summed E-state index contributed by atoms with van der Waals surface area (Å²) in [5.41, 5.74) is 2.07. The Morgan fingerprint density at radius 1 is 0.913 bits per heavy atom. The number of piperazine rings is 1.